The first-order valence-corrected chi connectivity index (χ1v) is 10.8. The summed E-state index contributed by atoms with van der Waals surface area (Å²) >= 11 is 1.72. The molecule has 154 valence electrons. The van der Waals surface area contributed by atoms with Crippen molar-refractivity contribution in [1.82, 2.24) is 4.57 Å². The Labute approximate surface area is 174 Å². The molecular formula is C23H26FNO3S. The van der Waals surface area contributed by atoms with Gasteiger partial charge in [0.15, 0.2) is 5.43 Å². The Kier molecular flexibility index (Phi) is 6.85. The van der Waals surface area contributed by atoms with Gasteiger partial charge in [-0.05, 0) is 48.9 Å². The van der Waals surface area contributed by atoms with Crippen molar-refractivity contribution >= 4 is 22.7 Å². The minimum atomic E-state index is -0.536. The Morgan fingerprint density at radius 3 is 2.48 bits per heavy atom. The SMILES string of the molecule is CCCOc1ccc(F)c2c(=O)c(-c3ccc(OC)cc3)cn(C(C)SCC)c12. The molecule has 3 aromatic rings. The maximum Gasteiger partial charge on any atom is 0.200 e. The number of pyridine rings is 1. The number of nitrogens with zero attached hydrogens (tertiary/aromatic N) is 1. The predicted molar refractivity (Wildman–Crippen MR) is 119 cm³/mol. The molecule has 0 radical (unpaired) electrons. The second kappa shape index (κ2) is 9.35. The van der Waals surface area contributed by atoms with Crippen molar-refractivity contribution < 1.29 is 13.9 Å². The summed E-state index contributed by atoms with van der Waals surface area (Å²) in [6, 6.07) is 10.2. The minimum Gasteiger partial charge on any atom is -0.497 e. The fraction of sp³-hybridized carbons (Fsp3) is 0.348. The Bertz CT molecular complexity index is 1050. The van der Waals surface area contributed by atoms with Crippen molar-refractivity contribution in [3.8, 4) is 22.6 Å². The number of ether oxygens (including phenoxy) is 2. The van der Waals surface area contributed by atoms with Crippen molar-refractivity contribution in [1.29, 1.82) is 0 Å². The van der Waals surface area contributed by atoms with Gasteiger partial charge in [0.2, 0.25) is 0 Å². The molecule has 6 heteroatoms. The van der Waals surface area contributed by atoms with Gasteiger partial charge in [-0.1, -0.05) is 26.0 Å². The topological polar surface area (TPSA) is 40.5 Å². The predicted octanol–water partition coefficient (Wildman–Crippen LogP) is 5.88. The number of halogens is 1. The summed E-state index contributed by atoms with van der Waals surface area (Å²) in [5, 5.41) is 0.0707. The van der Waals surface area contributed by atoms with Gasteiger partial charge in [0.1, 0.15) is 17.3 Å². The van der Waals surface area contributed by atoms with Crippen LogP contribution in [0.1, 0.15) is 32.6 Å². The standard InChI is InChI=1S/C23H26FNO3S/c1-5-13-28-20-12-11-19(24)21-22(20)25(15(3)29-6-2)14-18(23(21)26)16-7-9-17(27-4)10-8-16/h7-12,14-15H,5-6,13H2,1-4H3. The number of benzene rings is 2. The third kappa shape index (κ3) is 4.27. The molecule has 0 aliphatic carbocycles. The van der Waals surface area contributed by atoms with Crippen LogP contribution in [-0.4, -0.2) is 24.0 Å². The molecular weight excluding hydrogens is 389 g/mol. The summed E-state index contributed by atoms with van der Waals surface area (Å²) in [4.78, 5) is 13.3. The smallest absolute Gasteiger partial charge is 0.200 e. The van der Waals surface area contributed by atoms with Crippen molar-refractivity contribution in [3.05, 3.63) is 58.6 Å². The van der Waals surface area contributed by atoms with Crippen molar-refractivity contribution in [2.75, 3.05) is 19.5 Å². The summed E-state index contributed by atoms with van der Waals surface area (Å²) in [5.41, 5.74) is 1.35. The molecule has 1 aromatic heterocycles. The van der Waals surface area contributed by atoms with E-state index < -0.39 is 5.82 Å². The summed E-state index contributed by atoms with van der Waals surface area (Å²) in [5.74, 6) is 1.59. The summed E-state index contributed by atoms with van der Waals surface area (Å²) < 4.78 is 27.9. The maximum absolute atomic E-state index is 14.9. The highest BCUT2D eigenvalue weighted by atomic mass is 32.2. The first-order chi connectivity index (χ1) is 14.0. The van der Waals surface area contributed by atoms with E-state index in [0.717, 1.165) is 17.7 Å². The van der Waals surface area contributed by atoms with Crippen LogP contribution in [0.15, 0.2) is 47.4 Å². The van der Waals surface area contributed by atoms with Crippen LogP contribution in [0.3, 0.4) is 0 Å². The van der Waals surface area contributed by atoms with E-state index in [1.165, 1.54) is 6.07 Å². The Balaban J connectivity index is 2.33. The maximum atomic E-state index is 14.9. The molecule has 29 heavy (non-hydrogen) atoms. The number of hydrogen-bond acceptors (Lipinski definition) is 4. The number of aromatic nitrogens is 1. The average molecular weight is 416 g/mol. The molecule has 0 bridgehead atoms. The van der Waals surface area contributed by atoms with Gasteiger partial charge in [-0.15, -0.1) is 11.8 Å². The van der Waals surface area contributed by atoms with Crippen molar-refractivity contribution in [2.24, 2.45) is 0 Å². The Morgan fingerprint density at radius 1 is 1.14 bits per heavy atom. The van der Waals surface area contributed by atoms with Crippen LogP contribution in [0.2, 0.25) is 0 Å². The zero-order valence-electron chi connectivity index (χ0n) is 17.2. The van der Waals surface area contributed by atoms with Gasteiger partial charge in [0, 0.05) is 11.8 Å². The number of fused-ring (bicyclic) bond motifs is 1. The normalized spacial score (nSPS) is 12.2. The fourth-order valence-corrected chi connectivity index (χ4v) is 4.14. The lowest BCUT2D eigenvalue weighted by atomic mass is 10.0. The Hall–Kier alpha value is -2.47. The van der Waals surface area contributed by atoms with E-state index in [2.05, 4.69) is 6.92 Å². The zero-order valence-corrected chi connectivity index (χ0v) is 18.0. The van der Waals surface area contributed by atoms with Gasteiger partial charge in [0.25, 0.3) is 0 Å². The molecule has 1 heterocycles. The highest BCUT2D eigenvalue weighted by molar-refractivity contribution is 7.99. The largest absolute Gasteiger partial charge is 0.497 e. The lowest BCUT2D eigenvalue weighted by molar-refractivity contribution is 0.319. The molecule has 4 nitrogen and oxygen atoms in total. The lowest BCUT2D eigenvalue weighted by Crippen LogP contribution is -2.16. The molecule has 0 aliphatic rings. The molecule has 0 N–H and O–H groups in total. The van der Waals surface area contributed by atoms with Gasteiger partial charge >= 0.3 is 0 Å². The zero-order chi connectivity index (χ0) is 21.0. The number of rotatable bonds is 8. The molecule has 0 spiro atoms. The Morgan fingerprint density at radius 2 is 1.86 bits per heavy atom. The molecule has 3 rings (SSSR count). The van der Waals surface area contributed by atoms with E-state index in [4.69, 9.17) is 9.47 Å². The van der Waals surface area contributed by atoms with Gasteiger partial charge in [-0.2, -0.15) is 0 Å². The van der Waals surface area contributed by atoms with E-state index in [9.17, 15) is 9.18 Å². The molecule has 0 saturated heterocycles. The van der Waals surface area contributed by atoms with Crippen LogP contribution in [0.5, 0.6) is 11.5 Å². The third-order valence-corrected chi connectivity index (χ3v) is 5.79. The van der Waals surface area contributed by atoms with Gasteiger partial charge < -0.3 is 14.0 Å². The molecule has 1 atom stereocenters. The van der Waals surface area contributed by atoms with Gasteiger partial charge in [0.05, 0.1) is 30.0 Å². The first-order valence-electron chi connectivity index (χ1n) is 9.77. The summed E-state index contributed by atoms with van der Waals surface area (Å²) in [6.07, 6.45) is 2.64. The van der Waals surface area contributed by atoms with Gasteiger partial charge in [-0.3, -0.25) is 4.79 Å². The molecule has 0 aliphatic heterocycles. The quantitative estimate of drug-likeness (QED) is 0.461. The highest BCUT2D eigenvalue weighted by Crippen LogP contribution is 2.34. The number of thioether (sulfide) groups is 1. The highest BCUT2D eigenvalue weighted by Gasteiger charge is 2.20. The summed E-state index contributed by atoms with van der Waals surface area (Å²) in [6.45, 7) is 6.64. The van der Waals surface area contributed by atoms with Crippen molar-refractivity contribution in [3.63, 3.8) is 0 Å². The van der Waals surface area contributed by atoms with E-state index in [1.54, 1.807) is 37.1 Å². The van der Waals surface area contributed by atoms with Crippen LogP contribution in [0.4, 0.5) is 4.39 Å². The molecule has 2 aromatic carbocycles. The minimum absolute atomic E-state index is 0.00544. The molecule has 1 unspecified atom stereocenters. The number of hydrogen-bond donors (Lipinski definition) is 0. The second-order valence-electron chi connectivity index (χ2n) is 6.68. The molecule has 0 fully saturated rings. The fourth-order valence-electron chi connectivity index (χ4n) is 3.33. The third-order valence-electron chi connectivity index (χ3n) is 4.75. The summed E-state index contributed by atoms with van der Waals surface area (Å²) in [7, 11) is 1.59. The average Bonchev–Trinajstić information content (AvgIpc) is 2.73. The first kappa shape index (κ1) is 21.2. The van der Waals surface area contributed by atoms with Gasteiger partial charge in [-0.25, -0.2) is 4.39 Å². The van der Waals surface area contributed by atoms with Crippen LogP contribution in [0, 0.1) is 5.82 Å². The van der Waals surface area contributed by atoms with E-state index >= 15 is 0 Å². The number of methoxy groups -OCH3 is 1. The van der Waals surface area contributed by atoms with E-state index in [0.29, 0.717) is 29.2 Å². The molecule has 0 saturated carbocycles. The monoisotopic (exact) mass is 415 g/mol. The molecule has 0 amide bonds. The van der Waals surface area contributed by atoms with Crippen LogP contribution >= 0.6 is 11.8 Å². The van der Waals surface area contributed by atoms with Crippen molar-refractivity contribution in [2.45, 2.75) is 32.6 Å². The second-order valence-corrected chi connectivity index (χ2v) is 8.27. The van der Waals surface area contributed by atoms with Crippen LogP contribution in [-0.2, 0) is 0 Å². The lowest BCUT2D eigenvalue weighted by Gasteiger charge is -2.22. The van der Waals surface area contributed by atoms with E-state index in [-0.39, 0.29) is 16.2 Å². The van der Waals surface area contributed by atoms with Crippen LogP contribution < -0.4 is 14.9 Å². The van der Waals surface area contributed by atoms with Crippen LogP contribution in [0.25, 0.3) is 22.0 Å². The van der Waals surface area contributed by atoms with E-state index in [1.807, 2.05) is 36.7 Å².